The molecule has 1 aromatic rings. The minimum Gasteiger partial charge on any atom is -0.397 e. The molecule has 2 rings (SSSR count). The van der Waals surface area contributed by atoms with Gasteiger partial charge in [-0.25, -0.2) is 8.78 Å². The van der Waals surface area contributed by atoms with Gasteiger partial charge in [-0.05, 0) is 24.1 Å². The quantitative estimate of drug-likeness (QED) is 0.774. The van der Waals surface area contributed by atoms with Crippen molar-refractivity contribution in [2.75, 3.05) is 5.73 Å². The number of hydrogen-bond donors (Lipinski definition) is 1. The van der Waals surface area contributed by atoms with E-state index in [4.69, 9.17) is 5.73 Å². The van der Waals surface area contributed by atoms with E-state index in [1.54, 1.807) is 24.4 Å². The van der Waals surface area contributed by atoms with Crippen molar-refractivity contribution in [2.24, 2.45) is 0 Å². The van der Waals surface area contributed by atoms with Crippen LogP contribution in [0.1, 0.15) is 25.0 Å². The summed E-state index contributed by atoms with van der Waals surface area (Å²) in [7, 11) is 0. The van der Waals surface area contributed by atoms with Crippen molar-refractivity contribution in [1.82, 2.24) is 4.98 Å². The lowest BCUT2D eigenvalue weighted by Gasteiger charge is -2.21. The van der Waals surface area contributed by atoms with Gasteiger partial charge < -0.3 is 5.73 Å². The van der Waals surface area contributed by atoms with Crippen LogP contribution in [0.3, 0.4) is 0 Å². The molecule has 2 nitrogen and oxygen atoms in total. The largest absolute Gasteiger partial charge is 0.397 e. The molecule has 80 valence electrons. The van der Waals surface area contributed by atoms with Crippen molar-refractivity contribution in [3.05, 3.63) is 30.1 Å². The van der Waals surface area contributed by atoms with E-state index in [0.717, 1.165) is 11.3 Å². The van der Waals surface area contributed by atoms with Crippen molar-refractivity contribution >= 4 is 11.3 Å². The zero-order chi connectivity index (χ0) is 10.9. The Morgan fingerprint density at radius 3 is 2.67 bits per heavy atom. The maximum Gasteiger partial charge on any atom is 0.251 e. The number of anilines is 1. The van der Waals surface area contributed by atoms with Gasteiger partial charge in [0.1, 0.15) is 0 Å². The average molecular weight is 210 g/mol. The Morgan fingerprint density at radius 1 is 1.33 bits per heavy atom. The van der Waals surface area contributed by atoms with E-state index in [0.29, 0.717) is 12.1 Å². The molecule has 4 heteroatoms. The third-order valence-electron chi connectivity index (χ3n) is 2.52. The zero-order valence-electron chi connectivity index (χ0n) is 8.21. The van der Waals surface area contributed by atoms with Gasteiger partial charge in [0, 0.05) is 12.8 Å². The van der Waals surface area contributed by atoms with Crippen LogP contribution in [0.15, 0.2) is 24.4 Å². The van der Waals surface area contributed by atoms with E-state index in [2.05, 4.69) is 4.98 Å². The minimum absolute atomic E-state index is 0.0924. The predicted molar refractivity (Wildman–Crippen MR) is 55.4 cm³/mol. The van der Waals surface area contributed by atoms with Crippen molar-refractivity contribution in [3.63, 3.8) is 0 Å². The first-order valence-corrected chi connectivity index (χ1v) is 4.86. The lowest BCUT2D eigenvalue weighted by atomic mass is 9.94. The molecule has 0 aliphatic heterocycles. The highest BCUT2D eigenvalue weighted by Gasteiger charge is 2.31. The Balaban J connectivity index is 2.19. The number of alkyl halides is 2. The van der Waals surface area contributed by atoms with Crippen LogP contribution in [-0.2, 0) is 0 Å². The molecule has 0 atom stereocenters. The van der Waals surface area contributed by atoms with Gasteiger partial charge >= 0.3 is 0 Å². The molecule has 1 heterocycles. The van der Waals surface area contributed by atoms with Crippen LogP contribution in [0.4, 0.5) is 14.5 Å². The number of nitrogens with two attached hydrogens (primary N) is 1. The third kappa shape index (κ3) is 2.32. The van der Waals surface area contributed by atoms with Crippen LogP contribution in [0.25, 0.3) is 5.57 Å². The first kappa shape index (κ1) is 10.1. The fourth-order valence-corrected chi connectivity index (χ4v) is 1.62. The maximum atomic E-state index is 12.9. The topological polar surface area (TPSA) is 38.9 Å². The van der Waals surface area contributed by atoms with Gasteiger partial charge in [0.05, 0.1) is 17.6 Å². The predicted octanol–water partition coefficient (Wildman–Crippen LogP) is 2.87. The third-order valence-corrected chi connectivity index (χ3v) is 2.52. The standard InChI is InChI=1S/C11H12F2N2/c12-11(13)5-3-8(4-6-11)10-2-1-9(14)7-15-10/h1-3,7H,4-6,14H2. The molecule has 0 radical (unpaired) electrons. The minimum atomic E-state index is -2.54. The molecule has 0 aromatic carbocycles. The van der Waals surface area contributed by atoms with Crippen LogP contribution in [0, 0.1) is 0 Å². The molecule has 0 fully saturated rings. The summed E-state index contributed by atoms with van der Waals surface area (Å²) < 4.78 is 25.7. The lowest BCUT2D eigenvalue weighted by molar-refractivity contribution is -0.00605. The van der Waals surface area contributed by atoms with E-state index in [1.807, 2.05) is 0 Å². The number of pyridine rings is 1. The summed E-state index contributed by atoms with van der Waals surface area (Å²) in [6.07, 6.45) is 3.22. The summed E-state index contributed by atoms with van der Waals surface area (Å²) in [6.45, 7) is 0. The first-order valence-electron chi connectivity index (χ1n) is 4.86. The second-order valence-corrected chi connectivity index (χ2v) is 3.77. The summed E-state index contributed by atoms with van der Waals surface area (Å²) in [5.74, 6) is -2.54. The Kier molecular flexibility index (Phi) is 2.42. The van der Waals surface area contributed by atoms with Crippen LogP contribution >= 0.6 is 0 Å². The van der Waals surface area contributed by atoms with Gasteiger partial charge in [-0.1, -0.05) is 6.08 Å². The fraction of sp³-hybridized carbons (Fsp3) is 0.364. The molecule has 15 heavy (non-hydrogen) atoms. The molecule has 1 aromatic heterocycles. The van der Waals surface area contributed by atoms with Crippen molar-refractivity contribution in [3.8, 4) is 0 Å². The zero-order valence-corrected chi connectivity index (χ0v) is 8.21. The normalized spacial score (nSPS) is 19.7. The summed E-state index contributed by atoms with van der Waals surface area (Å²) >= 11 is 0. The molecule has 0 saturated heterocycles. The molecule has 1 aliphatic carbocycles. The smallest absolute Gasteiger partial charge is 0.251 e. The highest BCUT2D eigenvalue weighted by molar-refractivity contribution is 5.64. The molecule has 0 amide bonds. The average Bonchev–Trinajstić information content (AvgIpc) is 2.20. The molecule has 0 spiro atoms. The second kappa shape index (κ2) is 3.61. The van der Waals surface area contributed by atoms with Gasteiger partial charge in [-0.2, -0.15) is 0 Å². The molecular formula is C11H12F2N2. The monoisotopic (exact) mass is 210 g/mol. The van der Waals surface area contributed by atoms with E-state index in [1.165, 1.54) is 0 Å². The summed E-state index contributed by atoms with van der Waals surface area (Å²) in [6, 6.07) is 3.50. The van der Waals surface area contributed by atoms with Crippen LogP contribution in [0.2, 0.25) is 0 Å². The molecular weight excluding hydrogens is 198 g/mol. The number of nitrogens with zero attached hydrogens (tertiary/aromatic N) is 1. The Hall–Kier alpha value is -1.45. The summed E-state index contributed by atoms with van der Waals surface area (Å²) in [5, 5.41) is 0. The van der Waals surface area contributed by atoms with E-state index < -0.39 is 5.92 Å². The van der Waals surface area contributed by atoms with Crippen LogP contribution in [0.5, 0.6) is 0 Å². The van der Waals surface area contributed by atoms with Crippen LogP contribution in [-0.4, -0.2) is 10.9 Å². The number of allylic oxidation sites excluding steroid dienone is 2. The van der Waals surface area contributed by atoms with Gasteiger partial charge in [0.2, 0.25) is 0 Å². The van der Waals surface area contributed by atoms with Crippen molar-refractivity contribution < 1.29 is 8.78 Å². The summed E-state index contributed by atoms with van der Waals surface area (Å²) in [5.41, 5.74) is 7.72. The molecule has 1 aliphatic rings. The number of hydrogen-bond acceptors (Lipinski definition) is 2. The maximum absolute atomic E-state index is 12.9. The van der Waals surface area contributed by atoms with E-state index >= 15 is 0 Å². The molecule has 0 unspecified atom stereocenters. The number of halogens is 2. The van der Waals surface area contributed by atoms with Crippen molar-refractivity contribution in [2.45, 2.75) is 25.2 Å². The number of aromatic nitrogens is 1. The van der Waals surface area contributed by atoms with Gasteiger partial charge in [-0.3, -0.25) is 4.98 Å². The molecule has 0 bridgehead atoms. The van der Waals surface area contributed by atoms with Crippen LogP contribution < -0.4 is 5.73 Å². The van der Waals surface area contributed by atoms with Gasteiger partial charge in [-0.15, -0.1) is 0 Å². The van der Waals surface area contributed by atoms with E-state index in [-0.39, 0.29) is 12.8 Å². The Morgan fingerprint density at radius 2 is 2.13 bits per heavy atom. The Bertz CT molecular complexity index is 382. The SMILES string of the molecule is Nc1ccc(C2=CCC(F)(F)CC2)nc1. The van der Waals surface area contributed by atoms with Gasteiger partial charge in [0.15, 0.2) is 0 Å². The lowest BCUT2D eigenvalue weighted by Crippen LogP contribution is -2.18. The molecule has 0 saturated carbocycles. The Labute approximate surface area is 86.8 Å². The number of nitrogen functional groups attached to an aromatic ring is 1. The number of rotatable bonds is 1. The van der Waals surface area contributed by atoms with Crippen molar-refractivity contribution in [1.29, 1.82) is 0 Å². The fourth-order valence-electron chi connectivity index (χ4n) is 1.62. The summed E-state index contributed by atoms with van der Waals surface area (Å²) in [4.78, 5) is 4.11. The van der Waals surface area contributed by atoms with Gasteiger partial charge in [0.25, 0.3) is 5.92 Å². The highest BCUT2D eigenvalue weighted by Crippen LogP contribution is 2.35. The second-order valence-electron chi connectivity index (χ2n) is 3.77. The molecule has 2 N–H and O–H groups in total. The highest BCUT2D eigenvalue weighted by atomic mass is 19.3. The van der Waals surface area contributed by atoms with E-state index in [9.17, 15) is 8.78 Å². The first-order chi connectivity index (χ1) is 7.07.